The first-order valence-electron chi connectivity index (χ1n) is 6.53. The van der Waals surface area contributed by atoms with Gasteiger partial charge in [-0.2, -0.15) is 0 Å². The van der Waals surface area contributed by atoms with E-state index in [-0.39, 0.29) is 17.6 Å². The molecule has 1 atom stereocenters. The molecule has 0 spiro atoms. The van der Waals surface area contributed by atoms with Crippen LogP contribution in [0, 0.1) is 11.6 Å². The topological polar surface area (TPSA) is 35.2 Å². The van der Waals surface area contributed by atoms with E-state index in [2.05, 4.69) is 0 Å². The van der Waals surface area contributed by atoms with E-state index < -0.39 is 0 Å². The third-order valence-electron chi connectivity index (χ3n) is 3.16. The molecule has 0 aromatic heterocycles. The Kier molecular flexibility index (Phi) is 5.07. The first-order valence-corrected chi connectivity index (χ1v) is 6.53. The first-order chi connectivity index (χ1) is 9.69. The van der Waals surface area contributed by atoms with Crippen LogP contribution in [-0.4, -0.2) is 13.2 Å². The van der Waals surface area contributed by atoms with Crippen molar-refractivity contribution >= 4 is 0 Å². The van der Waals surface area contributed by atoms with Crippen LogP contribution in [0.5, 0.6) is 5.75 Å². The Morgan fingerprint density at radius 3 is 2.40 bits per heavy atom. The zero-order chi connectivity index (χ0) is 14.4. The predicted octanol–water partition coefficient (Wildman–Crippen LogP) is 3.48. The standard InChI is InChI=1S/C16H17F2NO/c17-14-6-4-12(5-7-14)13(11-19)8-9-20-16-3-1-2-15(18)10-16/h1-7,10,13H,8-9,11,19H2. The van der Waals surface area contributed by atoms with Gasteiger partial charge < -0.3 is 10.5 Å². The van der Waals surface area contributed by atoms with Crippen molar-refractivity contribution < 1.29 is 13.5 Å². The lowest BCUT2D eigenvalue weighted by Crippen LogP contribution is -2.15. The lowest BCUT2D eigenvalue weighted by atomic mass is 9.96. The van der Waals surface area contributed by atoms with Crippen LogP contribution in [0.15, 0.2) is 48.5 Å². The molecule has 0 aliphatic carbocycles. The van der Waals surface area contributed by atoms with Gasteiger partial charge in [-0.3, -0.25) is 0 Å². The SMILES string of the molecule is NCC(CCOc1cccc(F)c1)c1ccc(F)cc1. The van der Waals surface area contributed by atoms with Gasteiger partial charge in [0.2, 0.25) is 0 Å². The Balaban J connectivity index is 1.89. The summed E-state index contributed by atoms with van der Waals surface area (Å²) in [5.74, 6) is 0.0148. The molecule has 0 saturated heterocycles. The van der Waals surface area contributed by atoms with Gasteiger partial charge >= 0.3 is 0 Å². The van der Waals surface area contributed by atoms with Crippen LogP contribution >= 0.6 is 0 Å². The molecule has 1 unspecified atom stereocenters. The molecule has 2 nitrogen and oxygen atoms in total. The molecule has 2 rings (SSSR count). The van der Waals surface area contributed by atoms with E-state index in [1.165, 1.54) is 24.3 Å². The van der Waals surface area contributed by atoms with Gasteiger partial charge in [0.25, 0.3) is 0 Å². The van der Waals surface area contributed by atoms with Crippen LogP contribution in [0.1, 0.15) is 17.9 Å². The minimum absolute atomic E-state index is 0.101. The Morgan fingerprint density at radius 2 is 1.75 bits per heavy atom. The largest absolute Gasteiger partial charge is 0.493 e. The van der Waals surface area contributed by atoms with Crippen molar-refractivity contribution in [2.75, 3.05) is 13.2 Å². The van der Waals surface area contributed by atoms with E-state index >= 15 is 0 Å². The van der Waals surface area contributed by atoms with Crippen LogP contribution in [0.3, 0.4) is 0 Å². The van der Waals surface area contributed by atoms with Crippen LogP contribution in [0.25, 0.3) is 0 Å². The Labute approximate surface area is 117 Å². The maximum absolute atomic E-state index is 13.0. The molecule has 0 amide bonds. The summed E-state index contributed by atoms with van der Waals surface area (Å²) in [6.07, 6.45) is 0.693. The summed E-state index contributed by atoms with van der Waals surface area (Å²) in [5.41, 5.74) is 6.72. The quantitative estimate of drug-likeness (QED) is 0.877. The second-order valence-corrected chi connectivity index (χ2v) is 4.58. The van der Waals surface area contributed by atoms with Gasteiger partial charge in [0.15, 0.2) is 0 Å². The molecule has 4 heteroatoms. The number of hydrogen-bond donors (Lipinski definition) is 1. The number of hydrogen-bond acceptors (Lipinski definition) is 2. The zero-order valence-corrected chi connectivity index (χ0v) is 11.1. The van der Waals surface area contributed by atoms with Gasteiger partial charge in [-0.05, 0) is 48.7 Å². The van der Waals surface area contributed by atoms with E-state index in [0.717, 1.165) is 5.56 Å². The van der Waals surface area contributed by atoms with Gasteiger partial charge in [-0.15, -0.1) is 0 Å². The van der Waals surface area contributed by atoms with Crippen LogP contribution < -0.4 is 10.5 Å². The summed E-state index contributed by atoms with van der Waals surface area (Å²) in [4.78, 5) is 0. The summed E-state index contributed by atoms with van der Waals surface area (Å²) in [6.45, 7) is 0.890. The summed E-state index contributed by atoms with van der Waals surface area (Å²) in [5, 5.41) is 0. The zero-order valence-electron chi connectivity index (χ0n) is 11.1. The molecule has 0 aliphatic heterocycles. The molecular formula is C16H17F2NO. The fraction of sp³-hybridized carbons (Fsp3) is 0.250. The van der Waals surface area contributed by atoms with Crippen LogP contribution in [0.4, 0.5) is 8.78 Å². The molecular weight excluding hydrogens is 260 g/mol. The van der Waals surface area contributed by atoms with Crippen molar-refractivity contribution in [3.8, 4) is 5.75 Å². The summed E-state index contributed by atoms with van der Waals surface area (Å²) >= 11 is 0. The van der Waals surface area contributed by atoms with Crippen molar-refractivity contribution in [2.45, 2.75) is 12.3 Å². The Bertz CT molecular complexity index is 542. The van der Waals surface area contributed by atoms with Crippen molar-refractivity contribution in [1.82, 2.24) is 0 Å². The second kappa shape index (κ2) is 7.01. The third-order valence-corrected chi connectivity index (χ3v) is 3.16. The van der Waals surface area contributed by atoms with E-state index in [9.17, 15) is 8.78 Å². The fourth-order valence-corrected chi connectivity index (χ4v) is 2.03. The summed E-state index contributed by atoms with van der Waals surface area (Å²) in [7, 11) is 0. The van der Waals surface area contributed by atoms with Gasteiger partial charge in [-0.1, -0.05) is 18.2 Å². The normalized spacial score (nSPS) is 12.2. The molecule has 2 aromatic carbocycles. The average molecular weight is 277 g/mol. The number of nitrogens with two attached hydrogens (primary N) is 1. The number of halogens is 2. The lowest BCUT2D eigenvalue weighted by Gasteiger charge is -2.15. The van der Waals surface area contributed by atoms with E-state index in [1.807, 2.05) is 0 Å². The smallest absolute Gasteiger partial charge is 0.126 e. The molecule has 0 aliphatic rings. The average Bonchev–Trinajstić information content (AvgIpc) is 2.45. The molecule has 2 N–H and O–H groups in total. The van der Waals surface area contributed by atoms with E-state index in [0.29, 0.717) is 25.3 Å². The van der Waals surface area contributed by atoms with E-state index in [1.54, 1.807) is 24.3 Å². The van der Waals surface area contributed by atoms with Crippen molar-refractivity contribution in [3.05, 3.63) is 65.7 Å². The molecule has 20 heavy (non-hydrogen) atoms. The molecule has 2 aromatic rings. The van der Waals surface area contributed by atoms with Gasteiger partial charge in [-0.25, -0.2) is 8.78 Å². The van der Waals surface area contributed by atoms with Gasteiger partial charge in [0.05, 0.1) is 6.61 Å². The fourth-order valence-electron chi connectivity index (χ4n) is 2.03. The highest BCUT2D eigenvalue weighted by atomic mass is 19.1. The van der Waals surface area contributed by atoms with Gasteiger partial charge in [0, 0.05) is 6.07 Å². The highest BCUT2D eigenvalue weighted by molar-refractivity contribution is 5.23. The maximum Gasteiger partial charge on any atom is 0.126 e. The van der Waals surface area contributed by atoms with Gasteiger partial charge in [0.1, 0.15) is 17.4 Å². The van der Waals surface area contributed by atoms with Crippen molar-refractivity contribution in [2.24, 2.45) is 5.73 Å². The number of ether oxygens (including phenoxy) is 1. The predicted molar refractivity (Wildman–Crippen MR) is 74.7 cm³/mol. The van der Waals surface area contributed by atoms with E-state index in [4.69, 9.17) is 10.5 Å². The van der Waals surface area contributed by atoms with Crippen molar-refractivity contribution in [3.63, 3.8) is 0 Å². The molecule has 0 fully saturated rings. The van der Waals surface area contributed by atoms with Crippen LogP contribution in [-0.2, 0) is 0 Å². The second-order valence-electron chi connectivity index (χ2n) is 4.58. The molecule has 106 valence electrons. The minimum atomic E-state index is -0.323. The molecule has 0 saturated carbocycles. The summed E-state index contributed by atoms with van der Waals surface area (Å²) < 4.78 is 31.4. The Morgan fingerprint density at radius 1 is 1.00 bits per heavy atom. The first kappa shape index (κ1) is 14.5. The lowest BCUT2D eigenvalue weighted by molar-refractivity contribution is 0.297. The van der Waals surface area contributed by atoms with Crippen LogP contribution in [0.2, 0.25) is 0 Å². The highest BCUT2D eigenvalue weighted by Gasteiger charge is 2.10. The maximum atomic E-state index is 13.0. The minimum Gasteiger partial charge on any atom is -0.493 e. The Hall–Kier alpha value is -1.94. The molecule has 0 bridgehead atoms. The number of benzene rings is 2. The highest BCUT2D eigenvalue weighted by Crippen LogP contribution is 2.20. The molecule has 0 radical (unpaired) electrons. The van der Waals surface area contributed by atoms with Crippen molar-refractivity contribution in [1.29, 1.82) is 0 Å². The molecule has 0 heterocycles. The third kappa shape index (κ3) is 4.03. The monoisotopic (exact) mass is 277 g/mol. The number of rotatable bonds is 6. The summed E-state index contributed by atoms with van der Waals surface area (Å²) in [6, 6.07) is 12.3.